The summed E-state index contributed by atoms with van der Waals surface area (Å²) in [6, 6.07) is 0. The van der Waals surface area contributed by atoms with Gasteiger partial charge in [0.1, 0.15) is 0 Å². The van der Waals surface area contributed by atoms with Crippen LogP contribution in [0.3, 0.4) is 0 Å². The average Bonchev–Trinajstić information content (AvgIpc) is 1.68. The van der Waals surface area contributed by atoms with E-state index in [1.807, 2.05) is 6.92 Å². The fourth-order valence-electron chi connectivity index (χ4n) is 0.364. The highest BCUT2D eigenvalue weighted by Crippen LogP contribution is 1.67. The van der Waals surface area contributed by atoms with Gasteiger partial charge in [0.05, 0.1) is 0 Å². The molecule has 0 aromatic carbocycles. The van der Waals surface area contributed by atoms with E-state index in [9.17, 15) is 0 Å². The normalized spacial score (nSPS) is 10.4. The lowest BCUT2D eigenvalue weighted by molar-refractivity contribution is 0.214. The molecule has 0 fully saturated rings. The number of rotatable bonds is 3. The molecule has 0 atom stereocenters. The third-order valence-corrected chi connectivity index (χ3v) is 0.562. The van der Waals surface area contributed by atoms with E-state index in [2.05, 4.69) is 16.1 Å². The third kappa shape index (κ3) is 3.58. The summed E-state index contributed by atoms with van der Waals surface area (Å²) in [5, 5.41) is 5.42. The van der Waals surface area contributed by atoms with Crippen molar-refractivity contribution in [2.45, 2.75) is 6.92 Å². The standard InChI is InChI=1S/C4H12N4/c1-4-6-8(3)7-5-2/h4-5,7H,1-3H3/b6-4-. The summed E-state index contributed by atoms with van der Waals surface area (Å²) in [5.41, 5.74) is 5.45. The number of hydrazone groups is 1. The Morgan fingerprint density at radius 1 is 1.62 bits per heavy atom. The quantitative estimate of drug-likeness (QED) is 0.388. The first kappa shape index (κ1) is 7.39. The highest BCUT2D eigenvalue weighted by molar-refractivity contribution is 5.52. The molecule has 4 heteroatoms. The summed E-state index contributed by atoms with van der Waals surface area (Å²) < 4.78 is 0. The van der Waals surface area contributed by atoms with Gasteiger partial charge in [-0.3, -0.25) is 0 Å². The minimum absolute atomic E-state index is 1.57. The van der Waals surface area contributed by atoms with Crippen LogP contribution in [0.25, 0.3) is 0 Å². The van der Waals surface area contributed by atoms with Gasteiger partial charge in [0.25, 0.3) is 0 Å². The number of nitrogens with zero attached hydrogens (tertiary/aromatic N) is 2. The Bertz CT molecular complexity index is 70.4. The summed E-state index contributed by atoms with van der Waals surface area (Å²) in [6.45, 7) is 1.86. The Hall–Kier alpha value is -0.610. The highest BCUT2D eigenvalue weighted by Gasteiger charge is 1.79. The van der Waals surface area contributed by atoms with Crippen LogP contribution in [-0.4, -0.2) is 25.4 Å². The summed E-state index contributed by atoms with van der Waals surface area (Å²) in [4.78, 5) is 0. The van der Waals surface area contributed by atoms with Gasteiger partial charge in [-0.25, -0.2) is 10.5 Å². The van der Waals surface area contributed by atoms with Crippen LogP contribution in [0.1, 0.15) is 6.92 Å². The zero-order chi connectivity index (χ0) is 6.41. The molecule has 0 rings (SSSR count). The summed E-state index contributed by atoms with van der Waals surface area (Å²) >= 11 is 0. The van der Waals surface area contributed by atoms with E-state index in [0.29, 0.717) is 0 Å². The second-order valence-electron chi connectivity index (χ2n) is 1.26. The Morgan fingerprint density at radius 3 is 2.62 bits per heavy atom. The molecule has 0 amide bonds. The van der Waals surface area contributed by atoms with Crippen LogP contribution in [0.2, 0.25) is 0 Å². The maximum atomic E-state index is 3.85. The van der Waals surface area contributed by atoms with Gasteiger partial charge in [-0.2, -0.15) is 10.6 Å². The maximum Gasteiger partial charge on any atom is 0.0435 e. The van der Waals surface area contributed by atoms with Crippen molar-refractivity contribution in [3.8, 4) is 0 Å². The SMILES string of the molecule is C/C=N\N(C)NNC. The molecule has 0 aliphatic heterocycles. The Balaban J connectivity index is 3.17. The van der Waals surface area contributed by atoms with E-state index in [1.54, 1.807) is 25.4 Å². The van der Waals surface area contributed by atoms with Crippen molar-refractivity contribution in [2.75, 3.05) is 14.1 Å². The third-order valence-electron chi connectivity index (χ3n) is 0.562. The molecule has 0 aliphatic carbocycles. The predicted molar refractivity (Wildman–Crippen MR) is 34.1 cm³/mol. The number of nitrogens with one attached hydrogen (secondary N) is 2. The average molecular weight is 116 g/mol. The molecule has 0 aromatic heterocycles. The van der Waals surface area contributed by atoms with Gasteiger partial charge in [0, 0.05) is 20.3 Å². The molecule has 0 aliphatic rings. The molecule has 0 heterocycles. The van der Waals surface area contributed by atoms with Crippen molar-refractivity contribution < 1.29 is 0 Å². The van der Waals surface area contributed by atoms with Crippen LogP contribution in [-0.2, 0) is 0 Å². The lowest BCUT2D eigenvalue weighted by Gasteiger charge is -2.11. The van der Waals surface area contributed by atoms with Crippen LogP contribution >= 0.6 is 0 Å². The first-order valence-electron chi connectivity index (χ1n) is 2.46. The van der Waals surface area contributed by atoms with Crippen LogP contribution in [0.4, 0.5) is 0 Å². The number of hydrogen-bond acceptors (Lipinski definition) is 4. The molecular weight excluding hydrogens is 104 g/mol. The van der Waals surface area contributed by atoms with E-state index < -0.39 is 0 Å². The van der Waals surface area contributed by atoms with Crippen molar-refractivity contribution in [1.29, 1.82) is 0 Å². The Kier molecular flexibility index (Phi) is 4.20. The van der Waals surface area contributed by atoms with Gasteiger partial charge in [0.15, 0.2) is 0 Å². The van der Waals surface area contributed by atoms with E-state index in [-0.39, 0.29) is 0 Å². The molecule has 0 bridgehead atoms. The molecule has 48 valence electrons. The summed E-state index contributed by atoms with van der Waals surface area (Å²) in [7, 11) is 3.58. The van der Waals surface area contributed by atoms with Gasteiger partial charge in [-0.15, -0.1) is 0 Å². The van der Waals surface area contributed by atoms with E-state index >= 15 is 0 Å². The fourth-order valence-corrected chi connectivity index (χ4v) is 0.364. The van der Waals surface area contributed by atoms with Crippen molar-refractivity contribution in [3.05, 3.63) is 0 Å². The van der Waals surface area contributed by atoms with Crippen LogP contribution in [0.5, 0.6) is 0 Å². The second kappa shape index (κ2) is 4.55. The zero-order valence-corrected chi connectivity index (χ0v) is 5.47. The highest BCUT2D eigenvalue weighted by atomic mass is 15.8. The smallest absolute Gasteiger partial charge is 0.0435 e. The van der Waals surface area contributed by atoms with Gasteiger partial charge in [-0.1, -0.05) is 0 Å². The molecule has 0 radical (unpaired) electrons. The molecule has 0 aromatic rings. The number of hydrogen-bond donors (Lipinski definition) is 2. The maximum absolute atomic E-state index is 3.85. The van der Waals surface area contributed by atoms with Gasteiger partial charge in [0.2, 0.25) is 0 Å². The number of hydrazine groups is 2. The Labute approximate surface area is 49.5 Å². The lowest BCUT2D eigenvalue weighted by atomic mass is 10.9. The van der Waals surface area contributed by atoms with Crippen molar-refractivity contribution in [3.63, 3.8) is 0 Å². The molecular formula is C4H12N4. The first-order valence-corrected chi connectivity index (χ1v) is 2.46. The molecule has 0 saturated carbocycles. The summed E-state index contributed by atoms with van der Waals surface area (Å²) in [5.74, 6) is 0. The fraction of sp³-hybridized carbons (Fsp3) is 0.750. The van der Waals surface area contributed by atoms with Crippen LogP contribution in [0.15, 0.2) is 5.10 Å². The van der Waals surface area contributed by atoms with Gasteiger partial charge in [-0.05, 0) is 6.92 Å². The summed E-state index contributed by atoms with van der Waals surface area (Å²) in [6.07, 6.45) is 1.70. The lowest BCUT2D eigenvalue weighted by Crippen LogP contribution is -2.38. The largest absolute Gasteiger partial charge is 0.241 e. The molecule has 0 unspecified atom stereocenters. The monoisotopic (exact) mass is 116 g/mol. The van der Waals surface area contributed by atoms with Crippen LogP contribution < -0.4 is 11.0 Å². The van der Waals surface area contributed by atoms with E-state index in [1.165, 1.54) is 0 Å². The van der Waals surface area contributed by atoms with Crippen LogP contribution in [0, 0.1) is 0 Å². The van der Waals surface area contributed by atoms with Gasteiger partial charge < -0.3 is 0 Å². The molecule has 8 heavy (non-hydrogen) atoms. The van der Waals surface area contributed by atoms with Gasteiger partial charge >= 0.3 is 0 Å². The molecule has 4 nitrogen and oxygen atoms in total. The minimum atomic E-state index is 1.57. The van der Waals surface area contributed by atoms with E-state index in [4.69, 9.17) is 0 Å². The molecule has 0 spiro atoms. The first-order chi connectivity index (χ1) is 3.81. The molecule has 0 saturated heterocycles. The minimum Gasteiger partial charge on any atom is -0.241 e. The Morgan fingerprint density at radius 2 is 2.25 bits per heavy atom. The topological polar surface area (TPSA) is 39.7 Å². The predicted octanol–water partition coefficient (Wildman–Crippen LogP) is -0.437. The zero-order valence-electron chi connectivity index (χ0n) is 5.47. The second-order valence-corrected chi connectivity index (χ2v) is 1.26. The van der Waals surface area contributed by atoms with Crippen molar-refractivity contribution in [1.82, 2.24) is 16.1 Å². The van der Waals surface area contributed by atoms with Crippen molar-refractivity contribution >= 4 is 6.21 Å². The molecule has 2 N–H and O–H groups in total. The van der Waals surface area contributed by atoms with E-state index in [0.717, 1.165) is 0 Å². The van der Waals surface area contributed by atoms with Crippen molar-refractivity contribution in [2.24, 2.45) is 5.10 Å².